The summed E-state index contributed by atoms with van der Waals surface area (Å²) < 4.78 is 2.36. The fourth-order valence-electron chi connectivity index (χ4n) is 5.25. The van der Waals surface area contributed by atoms with Gasteiger partial charge in [0.25, 0.3) is 0 Å². The van der Waals surface area contributed by atoms with Gasteiger partial charge in [0, 0.05) is 58.7 Å². The van der Waals surface area contributed by atoms with Crippen LogP contribution in [0.5, 0.6) is 0 Å². The molecule has 1 atom stereocenters. The van der Waals surface area contributed by atoms with E-state index in [1.165, 1.54) is 70.3 Å². The van der Waals surface area contributed by atoms with Gasteiger partial charge in [0.1, 0.15) is 11.6 Å². The molecule has 3 heterocycles. The molecule has 2 aliphatic heterocycles. The monoisotopic (exact) mass is 401 g/mol. The Morgan fingerprint density at radius 2 is 1.97 bits per heavy atom. The Morgan fingerprint density at radius 3 is 2.83 bits per heavy atom. The highest BCUT2D eigenvalue weighted by Gasteiger charge is 2.26. The van der Waals surface area contributed by atoms with Crippen LogP contribution in [0.2, 0.25) is 0 Å². The van der Waals surface area contributed by atoms with Crippen molar-refractivity contribution >= 4 is 5.96 Å². The molecule has 1 aromatic heterocycles. The van der Waals surface area contributed by atoms with Gasteiger partial charge in [-0.25, -0.2) is 0 Å². The van der Waals surface area contributed by atoms with Crippen LogP contribution in [0.25, 0.3) is 0 Å². The van der Waals surface area contributed by atoms with Gasteiger partial charge >= 0.3 is 0 Å². The molecule has 1 aliphatic carbocycles. The third kappa shape index (κ3) is 5.71. The van der Waals surface area contributed by atoms with E-state index in [2.05, 4.69) is 35.3 Å². The minimum absolute atomic E-state index is 0.523. The lowest BCUT2D eigenvalue weighted by atomic mass is 10.1. The highest BCUT2D eigenvalue weighted by molar-refractivity contribution is 5.79. The third-order valence-corrected chi connectivity index (χ3v) is 6.88. The van der Waals surface area contributed by atoms with Gasteiger partial charge < -0.3 is 20.1 Å². The van der Waals surface area contributed by atoms with E-state index >= 15 is 0 Å². The van der Waals surface area contributed by atoms with Crippen molar-refractivity contribution in [3.05, 3.63) is 11.6 Å². The molecule has 0 aromatic carbocycles. The van der Waals surface area contributed by atoms with Crippen molar-refractivity contribution < 1.29 is 0 Å². The van der Waals surface area contributed by atoms with Crippen molar-refractivity contribution in [3.63, 3.8) is 0 Å². The number of aryl methyl sites for hydroxylation is 2. The zero-order chi connectivity index (χ0) is 19.9. The smallest absolute Gasteiger partial charge is 0.191 e. The quantitative estimate of drug-likeness (QED) is 0.417. The largest absolute Gasteiger partial charge is 0.356 e. The standard InChI is InChI=1S/C22H39N7/c1-23-22(25-19-12-15-28(17-19)16-18-8-4-5-9-18)24-13-7-11-21-27-26-20-10-3-2-6-14-29(20)21/h18-19H,2-17H2,1H3,(H2,23,24,25). The summed E-state index contributed by atoms with van der Waals surface area (Å²) in [6.45, 7) is 5.69. The van der Waals surface area contributed by atoms with E-state index in [0.29, 0.717) is 6.04 Å². The van der Waals surface area contributed by atoms with Gasteiger partial charge in [0.05, 0.1) is 0 Å². The fraction of sp³-hybridized carbons (Fsp3) is 0.864. The Morgan fingerprint density at radius 1 is 1.07 bits per heavy atom. The number of guanidine groups is 1. The van der Waals surface area contributed by atoms with Crippen molar-refractivity contribution in [3.8, 4) is 0 Å². The first-order valence-electron chi connectivity index (χ1n) is 11.9. The van der Waals surface area contributed by atoms with E-state index in [9.17, 15) is 0 Å². The summed E-state index contributed by atoms with van der Waals surface area (Å²) in [6.07, 6.45) is 13.9. The Kier molecular flexibility index (Phi) is 7.41. The molecule has 0 bridgehead atoms. The SMILES string of the molecule is CN=C(NCCCc1nnc2n1CCCCC2)NC1CCN(CC2CCCC2)C1. The van der Waals surface area contributed by atoms with Crippen molar-refractivity contribution in [1.82, 2.24) is 30.3 Å². The predicted molar refractivity (Wildman–Crippen MR) is 117 cm³/mol. The molecule has 1 unspecified atom stereocenters. The number of hydrogen-bond donors (Lipinski definition) is 2. The number of rotatable bonds is 7. The van der Waals surface area contributed by atoms with Crippen LogP contribution in [0.4, 0.5) is 0 Å². The summed E-state index contributed by atoms with van der Waals surface area (Å²) in [5, 5.41) is 16.0. The number of aliphatic imine (C=N–C) groups is 1. The average molecular weight is 402 g/mol. The Bertz CT molecular complexity index is 662. The van der Waals surface area contributed by atoms with Gasteiger partial charge in [-0.05, 0) is 44.4 Å². The van der Waals surface area contributed by atoms with E-state index in [1.54, 1.807) is 0 Å². The van der Waals surface area contributed by atoms with E-state index in [4.69, 9.17) is 0 Å². The first-order valence-corrected chi connectivity index (χ1v) is 11.9. The van der Waals surface area contributed by atoms with Crippen LogP contribution in [0.3, 0.4) is 0 Å². The molecular formula is C22H39N7. The molecule has 7 heteroatoms. The first kappa shape index (κ1) is 20.6. The maximum atomic E-state index is 4.44. The zero-order valence-electron chi connectivity index (χ0n) is 18.2. The van der Waals surface area contributed by atoms with Gasteiger partial charge in [-0.2, -0.15) is 0 Å². The number of likely N-dealkylation sites (tertiary alicyclic amines) is 1. The second kappa shape index (κ2) is 10.4. The Labute approximate surface area is 175 Å². The van der Waals surface area contributed by atoms with Crippen LogP contribution in [0, 0.1) is 5.92 Å². The number of nitrogens with zero attached hydrogens (tertiary/aromatic N) is 5. The predicted octanol–water partition coefficient (Wildman–Crippen LogP) is 2.37. The number of aromatic nitrogens is 3. The summed E-state index contributed by atoms with van der Waals surface area (Å²) in [5.74, 6) is 4.23. The van der Waals surface area contributed by atoms with Crippen molar-refractivity contribution in [2.24, 2.45) is 10.9 Å². The molecule has 1 saturated heterocycles. The Balaban J connectivity index is 1.15. The lowest BCUT2D eigenvalue weighted by Gasteiger charge is -2.21. The summed E-state index contributed by atoms with van der Waals surface area (Å²) in [5.41, 5.74) is 0. The molecule has 162 valence electrons. The fourth-order valence-corrected chi connectivity index (χ4v) is 5.25. The average Bonchev–Trinajstić information content (AvgIpc) is 3.45. The molecular weight excluding hydrogens is 362 g/mol. The lowest BCUT2D eigenvalue weighted by Crippen LogP contribution is -2.45. The van der Waals surface area contributed by atoms with Gasteiger partial charge in [-0.3, -0.25) is 4.99 Å². The van der Waals surface area contributed by atoms with Crippen LogP contribution < -0.4 is 10.6 Å². The summed E-state index contributed by atoms with van der Waals surface area (Å²) in [6, 6.07) is 0.523. The van der Waals surface area contributed by atoms with E-state index in [0.717, 1.165) is 56.6 Å². The molecule has 4 rings (SSSR count). The van der Waals surface area contributed by atoms with Crippen LogP contribution in [-0.2, 0) is 19.4 Å². The maximum Gasteiger partial charge on any atom is 0.191 e. The maximum absolute atomic E-state index is 4.44. The minimum Gasteiger partial charge on any atom is -0.356 e. The molecule has 29 heavy (non-hydrogen) atoms. The van der Waals surface area contributed by atoms with Gasteiger partial charge in [0.15, 0.2) is 5.96 Å². The molecule has 7 nitrogen and oxygen atoms in total. The molecule has 2 N–H and O–H groups in total. The molecule has 1 aromatic rings. The van der Waals surface area contributed by atoms with E-state index in [1.807, 2.05) is 7.05 Å². The number of nitrogens with one attached hydrogen (secondary N) is 2. The van der Waals surface area contributed by atoms with Gasteiger partial charge in [-0.15, -0.1) is 10.2 Å². The number of hydrogen-bond acceptors (Lipinski definition) is 4. The summed E-state index contributed by atoms with van der Waals surface area (Å²) >= 11 is 0. The topological polar surface area (TPSA) is 70.4 Å². The number of fused-ring (bicyclic) bond motifs is 1. The second-order valence-corrected chi connectivity index (χ2v) is 9.14. The summed E-state index contributed by atoms with van der Waals surface area (Å²) in [7, 11) is 1.87. The molecule has 0 radical (unpaired) electrons. The van der Waals surface area contributed by atoms with Crippen LogP contribution in [0.15, 0.2) is 4.99 Å². The van der Waals surface area contributed by atoms with Crippen molar-refractivity contribution in [2.45, 2.75) is 83.2 Å². The van der Waals surface area contributed by atoms with Crippen molar-refractivity contribution in [1.29, 1.82) is 0 Å². The van der Waals surface area contributed by atoms with E-state index < -0.39 is 0 Å². The molecule has 0 spiro atoms. The molecule has 3 aliphatic rings. The second-order valence-electron chi connectivity index (χ2n) is 9.14. The molecule has 2 fully saturated rings. The van der Waals surface area contributed by atoms with Crippen LogP contribution in [0.1, 0.15) is 69.4 Å². The van der Waals surface area contributed by atoms with Gasteiger partial charge in [-0.1, -0.05) is 19.3 Å². The molecule has 1 saturated carbocycles. The first-order chi connectivity index (χ1) is 14.3. The zero-order valence-corrected chi connectivity index (χ0v) is 18.2. The molecule has 0 amide bonds. The van der Waals surface area contributed by atoms with Crippen LogP contribution in [-0.4, -0.2) is 64.9 Å². The van der Waals surface area contributed by atoms with Crippen molar-refractivity contribution in [2.75, 3.05) is 33.2 Å². The lowest BCUT2D eigenvalue weighted by molar-refractivity contribution is 0.275. The summed E-state index contributed by atoms with van der Waals surface area (Å²) in [4.78, 5) is 7.09. The highest BCUT2D eigenvalue weighted by atomic mass is 15.3. The minimum atomic E-state index is 0.523. The van der Waals surface area contributed by atoms with Crippen LogP contribution >= 0.6 is 0 Å². The highest BCUT2D eigenvalue weighted by Crippen LogP contribution is 2.26. The van der Waals surface area contributed by atoms with Gasteiger partial charge in [0.2, 0.25) is 0 Å². The Hall–Kier alpha value is -1.63. The third-order valence-electron chi connectivity index (χ3n) is 6.88. The van der Waals surface area contributed by atoms with E-state index in [-0.39, 0.29) is 0 Å². The normalized spacial score (nSPS) is 23.9.